The van der Waals surface area contributed by atoms with Crippen LogP contribution in [0.15, 0.2) is 18.2 Å². The van der Waals surface area contributed by atoms with Gasteiger partial charge in [0, 0.05) is 19.0 Å². The first kappa shape index (κ1) is 16.6. The molecule has 0 N–H and O–H groups in total. The van der Waals surface area contributed by atoms with Crippen LogP contribution in [-0.2, 0) is 14.3 Å². The van der Waals surface area contributed by atoms with Crippen LogP contribution in [0, 0.1) is 5.92 Å². The van der Waals surface area contributed by atoms with E-state index in [1.54, 1.807) is 0 Å². The van der Waals surface area contributed by atoms with E-state index in [1.165, 1.54) is 31.1 Å². The number of carbonyl (C=O) groups excluding carboxylic acids is 2. The number of piperidine rings is 1. The van der Waals surface area contributed by atoms with Crippen LogP contribution in [0.5, 0.6) is 0 Å². The molecule has 1 atom stereocenters. The van der Waals surface area contributed by atoms with Gasteiger partial charge in [-0.2, -0.15) is 0 Å². The lowest BCUT2D eigenvalue weighted by Gasteiger charge is -2.37. The highest BCUT2D eigenvalue weighted by Gasteiger charge is 2.34. The number of ether oxygens (including phenoxy) is 2. The summed E-state index contributed by atoms with van der Waals surface area (Å²) in [4.78, 5) is 26.6. The highest BCUT2D eigenvalue weighted by atomic mass is 16.5. The summed E-state index contributed by atoms with van der Waals surface area (Å²) in [5.41, 5.74) is 3.05. The fourth-order valence-corrected chi connectivity index (χ4v) is 3.89. The molecule has 2 saturated heterocycles. The predicted octanol–water partition coefficient (Wildman–Crippen LogP) is 2.70. The third-order valence-electron chi connectivity index (χ3n) is 5.64. The molecule has 0 spiro atoms. The van der Waals surface area contributed by atoms with E-state index >= 15 is 0 Å². The van der Waals surface area contributed by atoms with Crippen molar-refractivity contribution in [3.8, 4) is 0 Å². The fourth-order valence-electron chi connectivity index (χ4n) is 3.89. The summed E-state index contributed by atoms with van der Waals surface area (Å²) in [6.07, 6.45) is 4.45. The van der Waals surface area contributed by atoms with Gasteiger partial charge in [-0.3, -0.25) is 4.79 Å². The maximum Gasteiger partial charge on any atom is 0.337 e. The maximum absolute atomic E-state index is 12.5. The zero-order valence-corrected chi connectivity index (χ0v) is 14.7. The lowest BCUT2D eigenvalue weighted by atomic mass is 9.87. The third kappa shape index (κ3) is 3.43. The molecule has 134 valence electrons. The Morgan fingerprint density at radius 2 is 1.80 bits per heavy atom. The van der Waals surface area contributed by atoms with E-state index in [4.69, 9.17) is 9.47 Å². The van der Waals surface area contributed by atoms with E-state index in [0.29, 0.717) is 30.6 Å². The number of amides is 1. The minimum absolute atomic E-state index is 0.0437. The standard InChI is InChI=1S/C20H25NO4/c1-24-20(23)17-8-15(13-4-5-13)7-16(9-17)14-3-2-6-21(10-14)19(22)18-11-25-12-18/h7-9,13-14,18H,2-6,10-12H2,1H3. The second-order valence-corrected chi connectivity index (χ2v) is 7.51. The maximum atomic E-state index is 12.5. The molecule has 1 unspecified atom stereocenters. The largest absolute Gasteiger partial charge is 0.465 e. The molecule has 0 aromatic heterocycles. The first-order chi connectivity index (χ1) is 12.2. The summed E-state index contributed by atoms with van der Waals surface area (Å²) in [5.74, 6) is 0.862. The van der Waals surface area contributed by atoms with Crippen LogP contribution in [0.4, 0.5) is 0 Å². The Morgan fingerprint density at radius 1 is 1.08 bits per heavy atom. The molecule has 3 fully saturated rings. The predicted molar refractivity (Wildman–Crippen MR) is 92.6 cm³/mol. The monoisotopic (exact) mass is 343 g/mol. The molecule has 0 bridgehead atoms. The van der Waals surface area contributed by atoms with Gasteiger partial charge in [-0.05, 0) is 54.9 Å². The van der Waals surface area contributed by atoms with E-state index < -0.39 is 0 Å². The second-order valence-electron chi connectivity index (χ2n) is 7.51. The van der Waals surface area contributed by atoms with Crippen molar-refractivity contribution in [1.29, 1.82) is 0 Å². The summed E-state index contributed by atoms with van der Waals surface area (Å²) in [6, 6.07) is 6.18. The average molecular weight is 343 g/mol. The number of methoxy groups -OCH3 is 1. The molecule has 0 radical (unpaired) electrons. The minimum Gasteiger partial charge on any atom is -0.465 e. The van der Waals surface area contributed by atoms with E-state index in [0.717, 1.165) is 25.9 Å². The minimum atomic E-state index is -0.279. The molecule has 1 aromatic rings. The Bertz CT molecular complexity index is 678. The van der Waals surface area contributed by atoms with Crippen LogP contribution < -0.4 is 0 Å². The molecule has 3 aliphatic rings. The van der Waals surface area contributed by atoms with E-state index in [2.05, 4.69) is 6.07 Å². The highest BCUT2D eigenvalue weighted by molar-refractivity contribution is 5.90. The van der Waals surface area contributed by atoms with Crippen LogP contribution >= 0.6 is 0 Å². The molecular formula is C20H25NO4. The van der Waals surface area contributed by atoms with Crippen molar-refractivity contribution >= 4 is 11.9 Å². The summed E-state index contributed by atoms with van der Waals surface area (Å²) < 4.78 is 10.1. The zero-order chi connectivity index (χ0) is 17.4. The number of likely N-dealkylation sites (tertiary alicyclic amines) is 1. The molecule has 5 heteroatoms. The summed E-state index contributed by atoms with van der Waals surface area (Å²) in [5, 5.41) is 0. The lowest BCUT2D eigenvalue weighted by molar-refractivity contribution is -0.151. The molecule has 1 saturated carbocycles. The fraction of sp³-hybridized carbons (Fsp3) is 0.600. The number of nitrogens with zero attached hydrogens (tertiary/aromatic N) is 1. The number of hydrogen-bond acceptors (Lipinski definition) is 4. The van der Waals surface area contributed by atoms with E-state index in [9.17, 15) is 9.59 Å². The van der Waals surface area contributed by atoms with Crippen LogP contribution in [0.3, 0.4) is 0 Å². The van der Waals surface area contributed by atoms with E-state index in [1.807, 2.05) is 17.0 Å². The number of carbonyl (C=O) groups is 2. The van der Waals surface area contributed by atoms with Crippen molar-refractivity contribution in [3.63, 3.8) is 0 Å². The summed E-state index contributed by atoms with van der Waals surface area (Å²) in [6.45, 7) is 2.69. The number of hydrogen-bond donors (Lipinski definition) is 0. The quantitative estimate of drug-likeness (QED) is 0.789. The van der Waals surface area contributed by atoms with Gasteiger partial charge in [-0.1, -0.05) is 6.07 Å². The molecule has 2 heterocycles. The molecule has 25 heavy (non-hydrogen) atoms. The molecular weight excluding hydrogens is 318 g/mol. The van der Waals surface area contributed by atoms with Gasteiger partial charge in [0.15, 0.2) is 0 Å². The van der Waals surface area contributed by atoms with Crippen molar-refractivity contribution in [1.82, 2.24) is 4.90 Å². The van der Waals surface area contributed by atoms with Gasteiger partial charge in [0.05, 0.1) is 31.8 Å². The Labute approximate surface area is 148 Å². The van der Waals surface area contributed by atoms with Gasteiger partial charge < -0.3 is 14.4 Å². The lowest BCUT2D eigenvalue weighted by Crippen LogP contribution is -2.48. The Morgan fingerprint density at radius 3 is 2.40 bits per heavy atom. The van der Waals surface area contributed by atoms with Gasteiger partial charge in [0.1, 0.15) is 0 Å². The van der Waals surface area contributed by atoms with Crippen LogP contribution in [0.2, 0.25) is 0 Å². The Kier molecular flexibility index (Phi) is 4.50. The average Bonchev–Trinajstić information content (AvgIpc) is 3.44. The van der Waals surface area contributed by atoms with Gasteiger partial charge in [-0.25, -0.2) is 4.79 Å². The Hall–Kier alpha value is -1.88. The van der Waals surface area contributed by atoms with Crippen molar-refractivity contribution in [2.75, 3.05) is 33.4 Å². The molecule has 2 aliphatic heterocycles. The van der Waals surface area contributed by atoms with Crippen LogP contribution in [-0.4, -0.2) is 50.2 Å². The SMILES string of the molecule is COC(=O)c1cc(C2CC2)cc(C2CCCN(C(=O)C3COC3)C2)c1. The first-order valence-electron chi connectivity index (χ1n) is 9.25. The van der Waals surface area contributed by atoms with Crippen molar-refractivity contribution in [2.24, 2.45) is 5.92 Å². The topological polar surface area (TPSA) is 55.8 Å². The highest BCUT2D eigenvalue weighted by Crippen LogP contribution is 2.42. The molecule has 4 rings (SSSR count). The number of benzene rings is 1. The van der Waals surface area contributed by atoms with Crippen molar-refractivity contribution < 1.29 is 19.1 Å². The van der Waals surface area contributed by atoms with Crippen molar-refractivity contribution in [2.45, 2.75) is 37.5 Å². The third-order valence-corrected chi connectivity index (χ3v) is 5.64. The van der Waals surface area contributed by atoms with Gasteiger partial charge in [0.25, 0.3) is 0 Å². The molecule has 1 aliphatic carbocycles. The molecule has 5 nitrogen and oxygen atoms in total. The van der Waals surface area contributed by atoms with Gasteiger partial charge in [-0.15, -0.1) is 0 Å². The molecule has 1 aromatic carbocycles. The first-order valence-corrected chi connectivity index (χ1v) is 9.25. The van der Waals surface area contributed by atoms with Gasteiger partial charge >= 0.3 is 5.97 Å². The smallest absolute Gasteiger partial charge is 0.337 e. The number of rotatable bonds is 4. The van der Waals surface area contributed by atoms with Crippen LogP contribution in [0.25, 0.3) is 0 Å². The zero-order valence-electron chi connectivity index (χ0n) is 14.7. The van der Waals surface area contributed by atoms with Crippen LogP contribution in [0.1, 0.15) is 59.0 Å². The van der Waals surface area contributed by atoms with Gasteiger partial charge in [0.2, 0.25) is 5.91 Å². The summed E-state index contributed by atoms with van der Waals surface area (Å²) >= 11 is 0. The second kappa shape index (κ2) is 6.79. The number of esters is 1. The van der Waals surface area contributed by atoms with E-state index in [-0.39, 0.29) is 17.8 Å². The normalized spacial score (nSPS) is 23.9. The summed E-state index contributed by atoms with van der Waals surface area (Å²) in [7, 11) is 1.42. The Balaban J connectivity index is 1.56. The molecule has 1 amide bonds. The van der Waals surface area contributed by atoms with Crippen molar-refractivity contribution in [3.05, 3.63) is 34.9 Å².